The Kier molecular flexibility index (Phi) is 9.19. The fourth-order valence-corrected chi connectivity index (χ4v) is 5.36. The minimum Gasteiger partial charge on any atom is -0.457 e. The number of amides is 2. The molecule has 0 spiro atoms. The molecule has 0 saturated carbocycles. The smallest absolute Gasteiger partial charge is 0.253 e. The lowest BCUT2D eigenvalue weighted by Gasteiger charge is -2.28. The van der Waals surface area contributed by atoms with Crippen molar-refractivity contribution in [2.45, 2.75) is 19.4 Å². The minimum atomic E-state index is -3.84. The van der Waals surface area contributed by atoms with Crippen LogP contribution in [0.4, 0.5) is 11.4 Å². The van der Waals surface area contributed by atoms with Crippen molar-refractivity contribution in [3.8, 4) is 11.5 Å². The SMILES string of the molecule is C[C@@H](C(=O)Nc1ccccc1C(=O)NCCc1ccccc1)N(c1ccc(Oc2ccccc2)cc1)S(C)(=O)=O. The summed E-state index contributed by atoms with van der Waals surface area (Å²) in [6.45, 7) is 1.92. The molecule has 0 unspecified atom stereocenters. The summed E-state index contributed by atoms with van der Waals surface area (Å²) in [6.07, 6.45) is 1.70. The second-order valence-corrected chi connectivity index (χ2v) is 11.0. The largest absolute Gasteiger partial charge is 0.457 e. The summed E-state index contributed by atoms with van der Waals surface area (Å²) in [6, 6.07) is 30.9. The molecule has 9 heteroatoms. The first-order chi connectivity index (χ1) is 19.2. The monoisotopic (exact) mass is 557 g/mol. The second kappa shape index (κ2) is 12.9. The first-order valence-electron chi connectivity index (χ1n) is 12.8. The van der Waals surface area contributed by atoms with Crippen molar-refractivity contribution >= 4 is 33.2 Å². The van der Waals surface area contributed by atoms with Crippen molar-refractivity contribution in [2.75, 3.05) is 22.4 Å². The van der Waals surface area contributed by atoms with Crippen LogP contribution in [0.5, 0.6) is 11.5 Å². The van der Waals surface area contributed by atoms with Gasteiger partial charge in [0.15, 0.2) is 0 Å². The summed E-state index contributed by atoms with van der Waals surface area (Å²) >= 11 is 0. The van der Waals surface area contributed by atoms with Crippen molar-refractivity contribution < 1.29 is 22.7 Å². The summed E-state index contributed by atoms with van der Waals surface area (Å²) < 4.78 is 32.4. The van der Waals surface area contributed by atoms with Crippen LogP contribution in [-0.4, -0.2) is 39.1 Å². The topological polar surface area (TPSA) is 105 Å². The number of anilines is 2. The van der Waals surface area contributed by atoms with E-state index in [1.54, 1.807) is 48.5 Å². The van der Waals surface area contributed by atoms with Gasteiger partial charge in [-0.15, -0.1) is 0 Å². The summed E-state index contributed by atoms with van der Waals surface area (Å²) in [7, 11) is -3.84. The van der Waals surface area contributed by atoms with Crippen LogP contribution in [-0.2, 0) is 21.2 Å². The van der Waals surface area contributed by atoms with Gasteiger partial charge >= 0.3 is 0 Å². The first kappa shape index (κ1) is 28.4. The van der Waals surface area contributed by atoms with Crippen LogP contribution in [0, 0.1) is 0 Å². The normalized spacial score (nSPS) is 11.8. The highest BCUT2D eigenvalue weighted by molar-refractivity contribution is 7.92. The van der Waals surface area contributed by atoms with Gasteiger partial charge < -0.3 is 15.4 Å². The number of hydrogen-bond donors (Lipinski definition) is 2. The number of sulfonamides is 1. The molecule has 0 saturated heterocycles. The fourth-order valence-electron chi connectivity index (χ4n) is 4.18. The number of nitrogens with zero attached hydrogens (tertiary/aromatic N) is 1. The maximum absolute atomic E-state index is 13.3. The molecular formula is C31H31N3O5S. The average Bonchev–Trinajstić information content (AvgIpc) is 2.94. The average molecular weight is 558 g/mol. The Balaban J connectivity index is 1.46. The van der Waals surface area contributed by atoms with Gasteiger partial charge in [0, 0.05) is 6.54 Å². The first-order valence-corrected chi connectivity index (χ1v) is 14.6. The lowest BCUT2D eigenvalue weighted by molar-refractivity contribution is -0.116. The van der Waals surface area contributed by atoms with E-state index in [2.05, 4.69) is 10.6 Å². The molecule has 0 aliphatic rings. The molecule has 0 radical (unpaired) electrons. The van der Waals surface area contributed by atoms with E-state index in [0.717, 1.165) is 16.1 Å². The lowest BCUT2D eigenvalue weighted by atomic mass is 10.1. The molecule has 2 N–H and O–H groups in total. The molecule has 4 rings (SSSR count). The molecule has 0 aromatic heterocycles. The van der Waals surface area contributed by atoms with Crippen LogP contribution in [0.2, 0.25) is 0 Å². The van der Waals surface area contributed by atoms with E-state index in [0.29, 0.717) is 30.2 Å². The highest BCUT2D eigenvalue weighted by Gasteiger charge is 2.30. The van der Waals surface area contributed by atoms with Gasteiger partial charge in [-0.25, -0.2) is 8.42 Å². The molecule has 206 valence electrons. The number of para-hydroxylation sites is 2. The maximum atomic E-state index is 13.3. The zero-order chi connectivity index (χ0) is 28.5. The Hall–Kier alpha value is -4.63. The standard InChI is InChI=1S/C31H31N3O5S/c1-23(34(40(2,37)38)25-17-19-27(20-18-25)39-26-13-7-4-8-14-26)30(35)33-29-16-10-9-15-28(29)31(36)32-22-21-24-11-5-3-6-12-24/h3-20,23H,21-22H2,1-2H3,(H,32,36)(H,33,35)/t23-/m0/s1. The highest BCUT2D eigenvalue weighted by Crippen LogP contribution is 2.27. The van der Waals surface area contributed by atoms with Crippen LogP contribution < -0.4 is 19.7 Å². The Morgan fingerprint density at radius 2 is 1.38 bits per heavy atom. The minimum absolute atomic E-state index is 0.282. The van der Waals surface area contributed by atoms with E-state index < -0.39 is 22.0 Å². The lowest BCUT2D eigenvalue weighted by Crippen LogP contribution is -2.45. The second-order valence-electron chi connectivity index (χ2n) is 9.17. The summed E-state index contributed by atoms with van der Waals surface area (Å²) in [5.74, 6) is 0.242. The predicted molar refractivity (Wildman–Crippen MR) is 157 cm³/mol. The van der Waals surface area contributed by atoms with E-state index in [1.165, 1.54) is 6.92 Å². The third-order valence-corrected chi connectivity index (χ3v) is 7.37. The van der Waals surface area contributed by atoms with Crippen molar-refractivity contribution in [3.05, 3.63) is 120 Å². The number of rotatable bonds is 11. The molecule has 4 aromatic carbocycles. The number of hydrogen-bond acceptors (Lipinski definition) is 5. The molecular weight excluding hydrogens is 526 g/mol. The Morgan fingerprint density at radius 1 is 0.800 bits per heavy atom. The number of carbonyl (C=O) groups is 2. The molecule has 2 amide bonds. The van der Waals surface area contributed by atoms with E-state index in [-0.39, 0.29) is 17.2 Å². The van der Waals surface area contributed by atoms with Gasteiger partial charge in [-0.2, -0.15) is 0 Å². The summed E-state index contributed by atoms with van der Waals surface area (Å²) in [5, 5.41) is 5.61. The van der Waals surface area contributed by atoms with Crippen LogP contribution in [0.15, 0.2) is 109 Å². The van der Waals surface area contributed by atoms with Gasteiger partial charge in [-0.1, -0.05) is 60.7 Å². The van der Waals surface area contributed by atoms with Crippen molar-refractivity contribution in [3.63, 3.8) is 0 Å². The fraction of sp³-hybridized carbons (Fsp3) is 0.161. The molecule has 0 aliphatic heterocycles. The number of carbonyl (C=O) groups excluding carboxylic acids is 2. The van der Waals surface area contributed by atoms with E-state index in [1.807, 2.05) is 60.7 Å². The molecule has 0 bridgehead atoms. The van der Waals surface area contributed by atoms with Crippen LogP contribution in [0.3, 0.4) is 0 Å². The van der Waals surface area contributed by atoms with Crippen LogP contribution in [0.1, 0.15) is 22.8 Å². The molecule has 8 nitrogen and oxygen atoms in total. The van der Waals surface area contributed by atoms with E-state index >= 15 is 0 Å². The zero-order valence-electron chi connectivity index (χ0n) is 22.3. The summed E-state index contributed by atoms with van der Waals surface area (Å²) in [4.78, 5) is 26.2. The molecule has 4 aromatic rings. The van der Waals surface area contributed by atoms with Crippen molar-refractivity contribution in [1.82, 2.24) is 5.32 Å². The Bertz CT molecular complexity index is 1540. The van der Waals surface area contributed by atoms with Gasteiger partial charge in [0.05, 0.1) is 23.2 Å². The summed E-state index contributed by atoms with van der Waals surface area (Å²) in [5.41, 5.74) is 1.97. The zero-order valence-corrected chi connectivity index (χ0v) is 23.1. The van der Waals surface area contributed by atoms with Crippen molar-refractivity contribution in [2.24, 2.45) is 0 Å². The molecule has 0 aliphatic carbocycles. The Labute approximate surface area is 234 Å². The quantitative estimate of drug-likeness (QED) is 0.262. The van der Waals surface area contributed by atoms with Gasteiger partial charge in [0.2, 0.25) is 15.9 Å². The van der Waals surface area contributed by atoms with Crippen LogP contribution in [0.25, 0.3) is 0 Å². The van der Waals surface area contributed by atoms with Gasteiger partial charge in [0.25, 0.3) is 5.91 Å². The molecule has 0 fully saturated rings. The molecule has 40 heavy (non-hydrogen) atoms. The van der Waals surface area contributed by atoms with E-state index in [4.69, 9.17) is 4.74 Å². The number of ether oxygens (including phenoxy) is 1. The third kappa shape index (κ3) is 7.48. The van der Waals surface area contributed by atoms with Gasteiger partial charge in [-0.3, -0.25) is 13.9 Å². The van der Waals surface area contributed by atoms with Crippen molar-refractivity contribution in [1.29, 1.82) is 0 Å². The maximum Gasteiger partial charge on any atom is 0.253 e. The van der Waals surface area contributed by atoms with E-state index in [9.17, 15) is 18.0 Å². The number of benzene rings is 4. The molecule has 1 atom stereocenters. The predicted octanol–water partition coefficient (Wildman–Crippen LogP) is 5.24. The van der Waals surface area contributed by atoms with Crippen LogP contribution >= 0.6 is 0 Å². The third-order valence-electron chi connectivity index (χ3n) is 6.13. The number of nitrogens with one attached hydrogen (secondary N) is 2. The molecule has 0 heterocycles. The van der Waals surface area contributed by atoms with Gasteiger partial charge in [-0.05, 0) is 67.4 Å². The Morgan fingerprint density at radius 3 is 2.02 bits per heavy atom. The highest BCUT2D eigenvalue weighted by atomic mass is 32.2. The van der Waals surface area contributed by atoms with Gasteiger partial charge in [0.1, 0.15) is 17.5 Å².